The van der Waals surface area contributed by atoms with Crippen LogP contribution in [0.25, 0.3) is 0 Å². The third-order valence-electron chi connectivity index (χ3n) is 5.68. The summed E-state index contributed by atoms with van der Waals surface area (Å²) in [6, 6.07) is 9.55. The van der Waals surface area contributed by atoms with Crippen molar-refractivity contribution in [3.63, 3.8) is 0 Å². The molecule has 2 N–H and O–H groups in total. The Morgan fingerprint density at radius 3 is 2.48 bits per heavy atom. The Morgan fingerprint density at radius 1 is 1.29 bits per heavy atom. The third-order valence-corrected chi connectivity index (χ3v) is 5.68. The number of hydrogen-bond acceptors (Lipinski definition) is 5. The second-order valence-corrected chi connectivity index (χ2v) is 7.84. The number of nitrogens with two attached hydrogens (primary N) is 1. The molecule has 0 saturated carbocycles. The smallest absolute Gasteiger partial charge is 0.126 e. The van der Waals surface area contributed by atoms with Crippen LogP contribution in [0, 0.1) is 24.5 Å². The summed E-state index contributed by atoms with van der Waals surface area (Å²) < 4.78 is 33.2. The SMILES string of the molecule is C/C(=N\N(C)C1(C)c2cc(C)ccc2OC[C@@H]1CCN)c1cc(F)cc(F)c1.CC=O. The second kappa shape index (κ2) is 10.5. The van der Waals surface area contributed by atoms with Gasteiger partial charge in [-0.05, 0) is 64.9 Å². The molecule has 1 aliphatic heterocycles. The lowest BCUT2D eigenvalue weighted by atomic mass is 9.75. The molecule has 0 aromatic heterocycles. The number of nitrogens with zero attached hydrogens (tertiary/aromatic N) is 2. The van der Waals surface area contributed by atoms with Crippen molar-refractivity contribution in [1.29, 1.82) is 0 Å². The minimum atomic E-state index is -0.619. The van der Waals surface area contributed by atoms with Gasteiger partial charge in [0.1, 0.15) is 23.7 Å². The van der Waals surface area contributed by atoms with Crippen molar-refractivity contribution >= 4 is 12.0 Å². The average Bonchev–Trinajstić information content (AvgIpc) is 2.70. The number of hydrogen-bond donors (Lipinski definition) is 1. The monoisotopic (exact) mass is 431 g/mol. The normalized spacial score (nSPS) is 20.1. The van der Waals surface area contributed by atoms with Gasteiger partial charge in [0, 0.05) is 30.2 Å². The van der Waals surface area contributed by atoms with E-state index >= 15 is 0 Å². The van der Waals surface area contributed by atoms with Gasteiger partial charge in [-0.1, -0.05) is 11.6 Å². The van der Waals surface area contributed by atoms with E-state index in [9.17, 15) is 8.78 Å². The van der Waals surface area contributed by atoms with Crippen LogP contribution in [0.2, 0.25) is 0 Å². The Balaban J connectivity index is 0.00000107. The van der Waals surface area contributed by atoms with E-state index in [1.54, 1.807) is 6.92 Å². The lowest BCUT2D eigenvalue weighted by molar-refractivity contribution is -0.106. The van der Waals surface area contributed by atoms with Crippen LogP contribution < -0.4 is 10.5 Å². The number of ether oxygens (including phenoxy) is 1. The number of aldehydes is 1. The number of carbonyl (C=O) groups is 1. The van der Waals surface area contributed by atoms with Crippen molar-refractivity contribution in [2.45, 2.75) is 39.7 Å². The zero-order valence-corrected chi connectivity index (χ0v) is 18.8. The van der Waals surface area contributed by atoms with Crippen molar-refractivity contribution in [3.8, 4) is 5.75 Å². The minimum absolute atomic E-state index is 0.123. The van der Waals surface area contributed by atoms with Crippen molar-refractivity contribution in [1.82, 2.24) is 5.01 Å². The van der Waals surface area contributed by atoms with Gasteiger partial charge in [-0.2, -0.15) is 5.10 Å². The summed E-state index contributed by atoms with van der Waals surface area (Å²) in [7, 11) is 1.89. The van der Waals surface area contributed by atoms with Crippen molar-refractivity contribution in [3.05, 3.63) is 64.7 Å². The highest BCUT2D eigenvalue weighted by atomic mass is 19.1. The van der Waals surface area contributed by atoms with Gasteiger partial charge >= 0.3 is 0 Å². The maximum atomic E-state index is 13.6. The van der Waals surface area contributed by atoms with Crippen LogP contribution in [-0.2, 0) is 10.3 Å². The average molecular weight is 432 g/mol. The van der Waals surface area contributed by atoms with Gasteiger partial charge < -0.3 is 15.3 Å². The summed E-state index contributed by atoms with van der Waals surface area (Å²) in [6.45, 7) is 8.44. The number of rotatable bonds is 5. The van der Waals surface area contributed by atoms with Crippen LogP contribution >= 0.6 is 0 Å². The van der Waals surface area contributed by atoms with Crippen LogP contribution in [0.5, 0.6) is 5.75 Å². The number of carbonyl (C=O) groups excluding carboxylic acids is 1. The van der Waals surface area contributed by atoms with Crippen LogP contribution in [0.15, 0.2) is 41.5 Å². The molecular formula is C24H31F2N3O2. The minimum Gasteiger partial charge on any atom is -0.493 e. The molecule has 3 rings (SSSR count). The fraction of sp³-hybridized carbons (Fsp3) is 0.417. The summed E-state index contributed by atoms with van der Waals surface area (Å²) >= 11 is 0. The fourth-order valence-electron chi connectivity index (χ4n) is 3.89. The molecule has 1 heterocycles. The van der Waals surface area contributed by atoms with Gasteiger partial charge in [0.25, 0.3) is 0 Å². The van der Waals surface area contributed by atoms with E-state index in [0.29, 0.717) is 24.4 Å². The maximum Gasteiger partial charge on any atom is 0.126 e. The fourth-order valence-corrected chi connectivity index (χ4v) is 3.89. The van der Waals surface area contributed by atoms with Crippen molar-refractivity contribution < 1.29 is 18.3 Å². The molecule has 1 unspecified atom stereocenters. The van der Waals surface area contributed by atoms with E-state index in [4.69, 9.17) is 20.4 Å². The largest absolute Gasteiger partial charge is 0.493 e. The quantitative estimate of drug-likeness (QED) is 0.433. The predicted molar refractivity (Wildman–Crippen MR) is 119 cm³/mol. The molecule has 0 spiro atoms. The van der Waals surface area contributed by atoms with E-state index in [-0.39, 0.29) is 5.92 Å². The van der Waals surface area contributed by atoms with Gasteiger partial charge in [-0.3, -0.25) is 5.01 Å². The second-order valence-electron chi connectivity index (χ2n) is 7.84. The van der Waals surface area contributed by atoms with E-state index in [0.717, 1.165) is 35.6 Å². The lowest BCUT2D eigenvalue weighted by Gasteiger charge is -2.47. The Labute approximate surface area is 182 Å². The van der Waals surface area contributed by atoms with Gasteiger partial charge in [0.2, 0.25) is 0 Å². The van der Waals surface area contributed by atoms with Crippen LogP contribution in [0.3, 0.4) is 0 Å². The highest BCUT2D eigenvalue weighted by Crippen LogP contribution is 2.45. The van der Waals surface area contributed by atoms with Gasteiger partial charge in [-0.25, -0.2) is 8.78 Å². The Kier molecular flexibility index (Phi) is 8.28. The summed E-state index contributed by atoms with van der Waals surface area (Å²) in [5.41, 5.74) is 8.52. The topological polar surface area (TPSA) is 67.9 Å². The molecule has 5 nitrogen and oxygen atoms in total. The van der Waals surface area contributed by atoms with E-state index < -0.39 is 17.2 Å². The molecule has 0 amide bonds. The highest BCUT2D eigenvalue weighted by molar-refractivity contribution is 5.98. The van der Waals surface area contributed by atoms with Gasteiger partial charge in [0.15, 0.2) is 0 Å². The van der Waals surface area contributed by atoms with Crippen LogP contribution in [-0.4, -0.2) is 37.2 Å². The van der Waals surface area contributed by atoms with Crippen molar-refractivity contribution in [2.75, 3.05) is 20.2 Å². The Bertz CT molecular complexity index is 928. The molecule has 1 aliphatic rings. The molecule has 7 heteroatoms. The summed E-state index contributed by atoms with van der Waals surface area (Å²) in [4.78, 5) is 8.81. The maximum absolute atomic E-state index is 13.6. The molecule has 2 aromatic carbocycles. The number of benzene rings is 2. The Morgan fingerprint density at radius 2 is 1.90 bits per heavy atom. The summed E-state index contributed by atoms with van der Waals surface area (Å²) in [5.74, 6) is -0.284. The molecule has 2 aromatic rings. The number of hydrazone groups is 1. The molecule has 0 fully saturated rings. The summed E-state index contributed by atoms with van der Waals surface area (Å²) in [6.07, 6.45) is 1.53. The highest BCUT2D eigenvalue weighted by Gasteiger charge is 2.44. The first kappa shape index (κ1) is 24.5. The first-order chi connectivity index (χ1) is 14.7. The molecule has 0 aliphatic carbocycles. The van der Waals surface area contributed by atoms with Crippen LogP contribution in [0.4, 0.5) is 8.78 Å². The zero-order valence-electron chi connectivity index (χ0n) is 18.8. The van der Waals surface area contributed by atoms with Gasteiger partial charge in [0.05, 0.1) is 17.9 Å². The molecule has 0 saturated heterocycles. The summed E-state index contributed by atoms with van der Waals surface area (Å²) in [5, 5.41) is 6.59. The lowest BCUT2D eigenvalue weighted by Crippen LogP contribution is -2.50. The first-order valence-corrected chi connectivity index (χ1v) is 10.3. The standard InChI is InChI=1S/C22H27F2N3O.C2H4O/c1-14-5-6-21-20(9-14)22(3,17(7-8-25)13-28-21)27(4)26-15(2)16-10-18(23)12-19(24)11-16;1-2-3/h5-6,9-12,17H,7-8,13,25H2,1-4H3;2H,1H3/b26-15+;/t17-,22?;/m0./s1. The molecular weight excluding hydrogens is 400 g/mol. The molecule has 168 valence electrons. The zero-order chi connectivity index (χ0) is 23.2. The number of fused-ring (bicyclic) bond motifs is 1. The molecule has 0 radical (unpaired) electrons. The number of halogens is 2. The van der Waals surface area contributed by atoms with Gasteiger partial charge in [-0.15, -0.1) is 0 Å². The van der Waals surface area contributed by atoms with E-state index in [1.165, 1.54) is 19.1 Å². The first-order valence-electron chi connectivity index (χ1n) is 10.3. The predicted octanol–water partition coefficient (Wildman–Crippen LogP) is 4.41. The Hall–Kier alpha value is -2.80. The van der Waals surface area contributed by atoms with E-state index in [1.807, 2.05) is 31.1 Å². The molecule has 0 bridgehead atoms. The molecule has 31 heavy (non-hydrogen) atoms. The number of aryl methyl sites for hydroxylation is 1. The third kappa shape index (κ3) is 5.47. The van der Waals surface area contributed by atoms with Crippen LogP contribution in [0.1, 0.15) is 43.9 Å². The van der Waals surface area contributed by atoms with Crippen molar-refractivity contribution in [2.24, 2.45) is 16.8 Å². The van der Waals surface area contributed by atoms with E-state index in [2.05, 4.69) is 13.0 Å². The molecule has 2 atom stereocenters.